The van der Waals surface area contributed by atoms with E-state index in [1.807, 2.05) is 0 Å². The first-order valence-electron chi connectivity index (χ1n) is 35.9. The standard InChI is InChI=1S/3C21H30FN6O10P/c3*1-6-33-16-13-15(26-19(23)27-16)28(9-24-13)18-21(4,22)14-12(37-18)8-35-39(31,38-14)34-7-11(25-20(30)32-5)17(29)36-10(2)3/h3*9-12,14,18H,6-8H2,1-5H3,(H,25,30)(H2,23,26,27)/t11-,12+,14+,18+,21+,39?;11-,12+,14+,18+,21+,39+;11-,12+,14+,18+,21+,39-/m000/s1. The number of carbonyl (C=O) groups is 6. The van der Waals surface area contributed by atoms with Crippen molar-refractivity contribution < 1.29 is 153 Å². The van der Waals surface area contributed by atoms with Gasteiger partial charge in [0.25, 0.3) is 0 Å². The van der Waals surface area contributed by atoms with Crippen LogP contribution in [0.5, 0.6) is 17.6 Å². The molecular formula is C63H90F3N18O30P3. The van der Waals surface area contributed by atoms with Gasteiger partial charge in [-0.25, -0.2) is 70.6 Å². The van der Waals surface area contributed by atoms with Gasteiger partial charge in [-0.05, 0) is 83.1 Å². The Morgan fingerprint density at radius 3 is 0.932 bits per heavy atom. The number of halogens is 3. The van der Waals surface area contributed by atoms with Crippen LogP contribution >= 0.6 is 23.5 Å². The fourth-order valence-electron chi connectivity index (χ4n) is 12.2. The number of methoxy groups -OCH3 is 3. The third-order valence-corrected chi connectivity index (χ3v) is 21.6. The number of ether oxygens (including phenoxy) is 12. The molecule has 117 heavy (non-hydrogen) atoms. The molecule has 6 aromatic heterocycles. The van der Waals surface area contributed by atoms with Crippen molar-refractivity contribution in [2.24, 2.45) is 0 Å². The fraction of sp³-hybridized carbons (Fsp3) is 0.667. The normalized spacial score (nSPS) is 29.2. The lowest BCUT2D eigenvalue weighted by atomic mass is 9.98. The lowest BCUT2D eigenvalue weighted by molar-refractivity contribution is -0.152. The Bertz CT molecular complexity index is 4280. The zero-order valence-electron chi connectivity index (χ0n) is 65.6. The number of phosphoric acid groups is 3. The zero-order valence-corrected chi connectivity index (χ0v) is 68.3. The molecule has 0 aliphatic carbocycles. The van der Waals surface area contributed by atoms with Crippen molar-refractivity contribution in [1.29, 1.82) is 0 Å². The van der Waals surface area contributed by atoms with E-state index in [0.29, 0.717) is 0 Å². The van der Waals surface area contributed by atoms with Crippen molar-refractivity contribution in [3.63, 3.8) is 0 Å². The molecule has 6 aliphatic rings. The van der Waals surface area contributed by atoms with Crippen LogP contribution in [0, 0.1) is 0 Å². The van der Waals surface area contributed by atoms with Crippen LogP contribution in [0.1, 0.15) is 102 Å². The number of aromatic nitrogens is 12. The molecule has 1 unspecified atom stereocenters. The quantitative estimate of drug-likeness (QED) is 0.0226. The highest BCUT2D eigenvalue weighted by atomic mass is 31.2. The number of amides is 3. The highest BCUT2D eigenvalue weighted by molar-refractivity contribution is 7.49. The van der Waals surface area contributed by atoms with Gasteiger partial charge in [-0.1, -0.05) is 0 Å². The number of imidazole rings is 3. The van der Waals surface area contributed by atoms with Gasteiger partial charge >= 0.3 is 59.7 Å². The Balaban J connectivity index is 0.000000185. The number of hydrogen-bond acceptors (Lipinski definition) is 42. The topological polar surface area (TPSA) is 592 Å². The summed E-state index contributed by atoms with van der Waals surface area (Å²) in [5.74, 6) is -2.62. The molecule has 0 aromatic carbocycles. The van der Waals surface area contributed by atoms with Gasteiger partial charge in [-0.2, -0.15) is 29.9 Å². The number of esters is 3. The molecule has 6 aromatic rings. The van der Waals surface area contributed by atoms with Crippen molar-refractivity contribution in [1.82, 2.24) is 74.5 Å². The molecule has 6 saturated heterocycles. The monoisotopic (exact) mass is 1730 g/mol. The number of phosphoric ester groups is 3. The maximum Gasteiger partial charge on any atom is 0.475 e. The first-order chi connectivity index (χ1) is 55.1. The highest BCUT2D eigenvalue weighted by Crippen LogP contribution is 2.63. The lowest BCUT2D eigenvalue weighted by Crippen LogP contribution is -2.47. The largest absolute Gasteiger partial charge is 0.476 e. The minimum absolute atomic E-state index is 0.118. The summed E-state index contributed by atoms with van der Waals surface area (Å²) in [6.45, 7) is 16.2. The van der Waals surface area contributed by atoms with Crippen LogP contribution in [0.25, 0.3) is 33.5 Å². The summed E-state index contributed by atoms with van der Waals surface area (Å²) in [5.41, 5.74) is 11.7. The summed E-state index contributed by atoms with van der Waals surface area (Å²) in [6.07, 6.45) is -11.8. The number of rotatable bonds is 27. The van der Waals surface area contributed by atoms with Gasteiger partial charge in [0.05, 0.1) is 118 Å². The van der Waals surface area contributed by atoms with E-state index < -0.39 is 188 Å². The maximum absolute atomic E-state index is 16.3. The zero-order chi connectivity index (χ0) is 85.6. The van der Waals surface area contributed by atoms with Gasteiger partial charge in [0.15, 0.2) is 87.3 Å². The van der Waals surface area contributed by atoms with E-state index in [1.165, 1.54) is 53.5 Å². The Morgan fingerprint density at radius 1 is 0.462 bits per heavy atom. The smallest absolute Gasteiger partial charge is 0.475 e. The van der Waals surface area contributed by atoms with Crippen molar-refractivity contribution >= 4 is 111 Å². The number of nitrogens with zero attached hydrogens (tertiary/aromatic N) is 12. The Hall–Kier alpha value is -9.33. The number of nitrogens with two attached hydrogens (primary N) is 3. The third kappa shape index (κ3) is 20.3. The predicted molar refractivity (Wildman–Crippen MR) is 388 cm³/mol. The molecule has 6 aliphatic heterocycles. The Kier molecular flexibility index (Phi) is 28.4. The number of anilines is 3. The second-order valence-electron chi connectivity index (χ2n) is 27.2. The van der Waals surface area contributed by atoms with Gasteiger partial charge in [0.1, 0.15) is 36.6 Å². The summed E-state index contributed by atoms with van der Waals surface area (Å²) in [4.78, 5) is 109. The predicted octanol–water partition coefficient (Wildman–Crippen LogP) is 4.95. The van der Waals surface area contributed by atoms with Gasteiger partial charge < -0.3 is 90.0 Å². The Morgan fingerprint density at radius 2 is 0.709 bits per heavy atom. The van der Waals surface area contributed by atoms with Crippen LogP contribution in [-0.2, 0) is 111 Å². The van der Waals surface area contributed by atoms with E-state index in [0.717, 1.165) is 21.3 Å². The SMILES string of the molecule is CCOc1nc(N)nc2c1ncn2[C@@H]1O[C@@H]2COP(=O)(OC[C@H](NC(=O)OC)C(=O)OC(C)C)O[C@H]2[C@@]1(C)F.CCOc1nc(N)nc2c1ncn2[C@@H]1O[C@@H]2CO[P@@](=O)(OC[C@H](NC(=O)OC)C(=O)OC(C)C)O[C@H]2[C@@]1(C)F.CCOc1nc(N)nc2c1ncn2[C@@H]1O[C@@H]2CO[P@](=O)(OC[C@H](NC(=O)OC)C(=O)OC(C)C)O[C@H]2[C@@]1(C)F. The van der Waals surface area contributed by atoms with Crippen molar-refractivity contribution in [3.05, 3.63) is 19.0 Å². The van der Waals surface area contributed by atoms with E-state index in [1.54, 1.807) is 62.3 Å². The van der Waals surface area contributed by atoms with E-state index >= 15 is 13.2 Å². The first-order valence-corrected chi connectivity index (χ1v) is 40.3. The van der Waals surface area contributed by atoms with Crippen molar-refractivity contribution in [2.45, 2.75) is 192 Å². The molecule has 12 heterocycles. The molecule has 0 radical (unpaired) electrons. The maximum atomic E-state index is 16.3. The second kappa shape index (κ2) is 36.9. The van der Waals surface area contributed by atoms with E-state index in [-0.39, 0.29) is 109 Å². The third-order valence-electron chi connectivity index (χ3n) is 17.3. The first kappa shape index (κ1) is 90.0. The van der Waals surface area contributed by atoms with E-state index in [2.05, 4.69) is 75.0 Å². The van der Waals surface area contributed by atoms with Crippen molar-refractivity contribution in [2.75, 3.05) is 98.0 Å². The number of alkyl halides is 3. The van der Waals surface area contributed by atoms with Gasteiger partial charge in [-0.15, -0.1) is 0 Å². The summed E-state index contributed by atoms with van der Waals surface area (Å²) in [6, 6.07) is -4.24. The van der Waals surface area contributed by atoms with Crippen molar-refractivity contribution in [3.8, 4) is 17.6 Å². The van der Waals surface area contributed by atoms with Crippen LogP contribution in [0.4, 0.5) is 45.4 Å². The molecule has 12 rings (SSSR count). The summed E-state index contributed by atoms with van der Waals surface area (Å²) in [5, 5.41) is 6.65. The summed E-state index contributed by atoms with van der Waals surface area (Å²) < 4.78 is 203. The highest BCUT2D eigenvalue weighted by Gasteiger charge is 2.65. The van der Waals surface area contributed by atoms with E-state index in [4.69, 9.17) is 101 Å². The second-order valence-corrected chi connectivity index (χ2v) is 32.0. The average Bonchev–Trinajstić information content (AvgIpc) is 1.59. The fourth-order valence-corrected chi connectivity index (χ4v) is 16.7. The minimum Gasteiger partial charge on any atom is -0.476 e. The summed E-state index contributed by atoms with van der Waals surface area (Å²) in [7, 11) is -10.0. The van der Waals surface area contributed by atoms with Gasteiger partial charge in [0, 0.05) is 0 Å². The molecule has 648 valence electrons. The molecule has 9 N–H and O–H groups in total. The molecule has 18 atom stereocenters. The Labute approximate surface area is 662 Å². The number of alkyl carbamates (subject to hydrolysis) is 3. The molecule has 3 amide bonds. The number of hydrogen-bond donors (Lipinski definition) is 6. The van der Waals surface area contributed by atoms with Gasteiger partial charge in [0.2, 0.25) is 35.5 Å². The van der Waals surface area contributed by atoms with Crippen LogP contribution in [-0.4, -0.2) is 266 Å². The number of carbonyl (C=O) groups excluding carboxylic acids is 6. The molecule has 0 saturated carbocycles. The summed E-state index contributed by atoms with van der Waals surface area (Å²) >= 11 is 0. The number of nitrogens with one attached hydrogen (secondary N) is 3. The molecule has 0 spiro atoms. The lowest BCUT2D eigenvalue weighted by Gasteiger charge is -2.34. The molecule has 48 nitrogen and oxygen atoms in total. The minimum atomic E-state index is -4.43. The average molecular weight is 1730 g/mol. The van der Waals surface area contributed by atoms with Gasteiger partial charge in [-0.3, -0.25) is 54.4 Å². The van der Waals surface area contributed by atoms with Crippen LogP contribution in [0.3, 0.4) is 0 Å². The molecule has 54 heteroatoms. The van der Waals surface area contributed by atoms with E-state index in [9.17, 15) is 42.5 Å². The molecular weight excluding hydrogens is 1640 g/mol. The molecule has 6 fully saturated rings. The number of nitrogen functional groups attached to an aromatic ring is 3. The van der Waals surface area contributed by atoms with Crippen LogP contribution in [0.15, 0.2) is 19.0 Å². The molecule has 0 bridgehead atoms. The number of fused-ring (bicyclic) bond motifs is 6. The van der Waals surface area contributed by atoms with Crippen LogP contribution in [0.2, 0.25) is 0 Å². The van der Waals surface area contributed by atoms with Crippen LogP contribution < -0.4 is 47.4 Å².